The number of carbonyl (C=O) groups is 9. The van der Waals surface area contributed by atoms with Crippen molar-refractivity contribution in [2.75, 3.05) is 45.8 Å². The highest BCUT2D eigenvalue weighted by Gasteiger charge is 2.52. The number of likely N-dealkylation sites (N-methyl/N-ethyl adjacent to an activating group) is 1. The Morgan fingerprint density at radius 1 is 0.720 bits per heavy atom. The molecule has 9 amide bonds. The van der Waals surface area contributed by atoms with Crippen molar-refractivity contribution in [3.05, 3.63) is 139 Å². The lowest BCUT2D eigenvalue weighted by molar-refractivity contribution is -0.334. The number of phenolic OH excluding ortho intramolecular Hbond substituents is 3. The summed E-state index contributed by atoms with van der Waals surface area (Å²) in [5.41, 5.74) is 3.22. The monoisotopic (exact) mass is 1780 g/mol. The average Bonchev–Trinajstić information content (AvgIpc) is 0.759. The topological polar surface area (TPSA) is 591 Å². The Morgan fingerprint density at radius 3 is 2.02 bits per heavy atom. The van der Waals surface area contributed by atoms with Gasteiger partial charge in [0, 0.05) is 62.0 Å². The first-order valence-corrected chi connectivity index (χ1v) is 41.3. The van der Waals surface area contributed by atoms with Crippen LogP contribution in [0.5, 0.6) is 46.0 Å². The molecule has 0 spiro atoms. The fraction of sp³-hybridized carbons (Fsp3) is 0.482. The number of amides is 9. The number of nitrogens with one attached hydrogen (secondary N) is 10. The average molecular weight is 1780 g/mol. The predicted molar refractivity (Wildman–Crippen MR) is 440 cm³/mol. The summed E-state index contributed by atoms with van der Waals surface area (Å²) in [6.07, 6.45) is -12.5. The fourth-order valence-corrected chi connectivity index (χ4v) is 16.4. The van der Waals surface area contributed by atoms with Crippen LogP contribution in [0, 0.1) is 11.8 Å². The molecule has 674 valence electrons. The van der Waals surface area contributed by atoms with E-state index in [2.05, 4.69) is 58.3 Å². The standard InChI is InChI=1S/C83H101Cl2N13O27/c1-36(2)24-48(87-5)74(110)95-65-67(105)40-13-16-52(46(84)27-40)121-54-29-42-30-55(71(54)125-81-72(70(108)69(107)56(35-99)123-81)124-60-34-83(4,73(109)37(3)120-60)88-19-21-98-20-18-58(91-82(98)117)90-59(104)25-38-10-8-7-9-11-38)122-53-17-14-41(28-47(53)85)68(106)66-79(115)94-64(80(116)97-119-23-22-118-6)45-31-43(100)32-51(102)61(45)44-26-39(12-15-50(44)101)62(76(112)96-66)93-77(113)63(42)92-75(111)49(33-57(86)103)89-78(65)114/h12-18,20,26-32,36-38,48-49,56,60,62-70,72-73,81,87-88,99-102,105-109H,7-11,19,21-25,33-35H2,1-6H3,(H2,86,103)(H,89,114)(H,92,111)(H,93,113)(H,94,115)(H,95,110)(H,96,112)(H,97,116)(H,90,91,104,117)/t37-,48+,49-,56+,60-,62+,63+,64+,65+,66-,67+,68+,69+,70-,72+,73+,81-,83-/m0/s1. The zero-order valence-corrected chi connectivity index (χ0v) is 70.1. The van der Waals surface area contributed by atoms with Gasteiger partial charge in [0.1, 0.15) is 101 Å². The van der Waals surface area contributed by atoms with Gasteiger partial charge in [0.2, 0.25) is 59.3 Å². The molecule has 14 rings (SSSR count). The second-order valence-electron chi connectivity index (χ2n) is 32.1. The van der Waals surface area contributed by atoms with Crippen molar-refractivity contribution in [3.8, 4) is 57.1 Å². The lowest BCUT2D eigenvalue weighted by atomic mass is 9.85. The molecule has 42 heteroatoms. The van der Waals surface area contributed by atoms with E-state index in [4.69, 9.17) is 66.9 Å². The number of methoxy groups -OCH3 is 1. The Balaban J connectivity index is 1.00. The van der Waals surface area contributed by atoms with Gasteiger partial charge >= 0.3 is 5.69 Å². The molecule has 1 aliphatic carbocycles. The Labute approximate surface area is 724 Å². The fourth-order valence-electron chi connectivity index (χ4n) is 15.9. The van der Waals surface area contributed by atoms with Crippen molar-refractivity contribution >= 4 is 82.2 Å². The first-order chi connectivity index (χ1) is 59.5. The van der Waals surface area contributed by atoms with Crippen molar-refractivity contribution < 1.29 is 127 Å². The highest BCUT2D eigenvalue weighted by molar-refractivity contribution is 6.32. The second-order valence-corrected chi connectivity index (χ2v) is 32.9. The van der Waals surface area contributed by atoms with Crippen molar-refractivity contribution in [1.29, 1.82) is 0 Å². The number of carbonyl (C=O) groups excluding carboxylic acids is 9. The van der Waals surface area contributed by atoms with E-state index in [0.717, 1.165) is 98.8 Å². The normalized spacial score (nSPS) is 26.9. The van der Waals surface area contributed by atoms with Gasteiger partial charge in [-0.2, -0.15) is 4.98 Å². The Hall–Kier alpha value is -10.9. The lowest BCUT2D eigenvalue weighted by Gasteiger charge is -2.48. The molecule has 5 aromatic carbocycles. The summed E-state index contributed by atoms with van der Waals surface area (Å²) in [5.74, 6) is -15.4. The number of hydroxylamine groups is 1. The molecule has 40 nitrogen and oxygen atoms in total. The van der Waals surface area contributed by atoms with E-state index in [0.29, 0.717) is 6.42 Å². The molecule has 2 saturated heterocycles. The van der Waals surface area contributed by atoms with E-state index in [-0.39, 0.29) is 90.2 Å². The van der Waals surface area contributed by atoms with Crippen molar-refractivity contribution in [3.63, 3.8) is 0 Å². The van der Waals surface area contributed by atoms with Gasteiger partial charge in [-0.3, -0.25) is 52.6 Å². The van der Waals surface area contributed by atoms with Gasteiger partial charge < -0.3 is 133 Å². The summed E-state index contributed by atoms with van der Waals surface area (Å²) >= 11 is 14.4. The molecule has 7 aliphatic heterocycles. The Bertz CT molecular complexity index is 5080. The molecule has 3 fully saturated rings. The van der Waals surface area contributed by atoms with Crippen LogP contribution in [0.3, 0.4) is 0 Å². The molecule has 1 aromatic heterocycles. The number of aliphatic hydroxyl groups is 6. The number of fused-ring (bicyclic) bond motifs is 15. The van der Waals surface area contributed by atoms with Crippen LogP contribution in [0.2, 0.25) is 10.0 Å². The number of ether oxygens (including phenoxy) is 7. The summed E-state index contributed by atoms with van der Waals surface area (Å²) in [6, 6.07) is 1.09. The number of hydrogen-bond acceptors (Lipinski definition) is 30. The number of anilines is 1. The van der Waals surface area contributed by atoms with Gasteiger partial charge in [-0.15, -0.1) is 0 Å². The van der Waals surface area contributed by atoms with Crippen molar-refractivity contribution in [2.24, 2.45) is 17.6 Å². The van der Waals surface area contributed by atoms with Gasteiger partial charge in [-0.05, 0) is 140 Å². The molecule has 1 saturated carbocycles. The summed E-state index contributed by atoms with van der Waals surface area (Å²) in [6.45, 7) is 5.41. The Morgan fingerprint density at radius 2 is 1.38 bits per heavy atom. The van der Waals surface area contributed by atoms with Crippen LogP contribution in [0.25, 0.3) is 11.1 Å². The highest BCUT2D eigenvalue weighted by Crippen LogP contribution is 2.50. The van der Waals surface area contributed by atoms with Gasteiger partial charge in [-0.1, -0.05) is 74.5 Å². The summed E-state index contributed by atoms with van der Waals surface area (Å²) in [5, 5.41) is 130. The first kappa shape index (κ1) is 93.2. The molecule has 8 heterocycles. The largest absolute Gasteiger partial charge is 0.508 e. The molecule has 125 heavy (non-hydrogen) atoms. The SMILES string of the molecule is CN[C@H](CC(C)C)C(=O)N[C@H]1C(=O)N[C@@H](CC(N)=O)C(=O)N[C@H]2C(=O)N[C@H]3C(=O)N[C@H](C(=O)N[C@@H](C(=O)NOCCOC)c4cc(O)cc(O)c4-c4cc3ccc4O)[C@H](O)c3ccc(c(Cl)c3)Oc3cc2cc(c3O[C@@H]2O[C@H](CO)[C@@H](O)[C@H](O)[C@H]2O[C@H]2C[C@](C)(NCCn3ccc(NC(=O)CC4CCCCC4)nc3=O)[C@H](O)[C@H](C)O2)Oc2ccc(cc2Cl)[C@H]1O. The predicted octanol–water partition coefficient (Wildman–Crippen LogP) is 1.51. The number of aromatic hydroxyl groups is 3. The number of rotatable bonds is 24. The lowest BCUT2D eigenvalue weighted by Crippen LogP contribution is -2.65. The Kier molecular flexibility index (Phi) is 30.3. The number of phenols is 3. The zero-order chi connectivity index (χ0) is 90.2. The number of hydrogen-bond donors (Lipinski definition) is 20. The summed E-state index contributed by atoms with van der Waals surface area (Å²) in [7, 11) is 2.81. The maximum absolute atomic E-state index is 16.3. The summed E-state index contributed by atoms with van der Waals surface area (Å²) < 4.78 is 45.8. The van der Waals surface area contributed by atoms with E-state index in [1.807, 2.05) is 13.8 Å². The van der Waals surface area contributed by atoms with Crippen LogP contribution >= 0.6 is 23.2 Å². The van der Waals surface area contributed by atoms with E-state index >= 15 is 24.0 Å². The van der Waals surface area contributed by atoms with E-state index in [1.54, 1.807) is 6.92 Å². The molecule has 0 unspecified atom stereocenters. The maximum Gasteiger partial charge on any atom is 0.349 e. The molecule has 18 atom stereocenters. The maximum atomic E-state index is 16.3. The van der Waals surface area contributed by atoms with Crippen LogP contribution in [-0.4, -0.2) is 228 Å². The summed E-state index contributed by atoms with van der Waals surface area (Å²) in [4.78, 5) is 156. The van der Waals surface area contributed by atoms with Gasteiger partial charge in [0.05, 0.1) is 54.5 Å². The zero-order valence-electron chi connectivity index (χ0n) is 68.6. The number of nitrogens with zero attached hydrogens (tertiary/aromatic N) is 2. The van der Waals surface area contributed by atoms with Crippen LogP contribution < -0.4 is 79.0 Å². The minimum Gasteiger partial charge on any atom is -0.508 e. The van der Waals surface area contributed by atoms with Crippen LogP contribution in [-0.2, 0) is 73.5 Å². The minimum absolute atomic E-state index is 0.00378. The van der Waals surface area contributed by atoms with Crippen molar-refractivity contribution in [2.45, 2.75) is 201 Å². The van der Waals surface area contributed by atoms with Crippen LogP contribution in [0.1, 0.15) is 144 Å². The van der Waals surface area contributed by atoms with Gasteiger partial charge in [-0.25, -0.2) is 10.3 Å². The van der Waals surface area contributed by atoms with Crippen molar-refractivity contribution in [1.82, 2.24) is 57.6 Å². The van der Waals surface area contributed by atoms with E-state index in [9.17, 15) is 69.9 Å². The number of halogens is 2. The molecule has 21 N–H and O–H groups in total. The molecule has 0 radical (unpaired) electrons. The first-order valence-electron chi connectivity index (χ1n) is 40.5. The number of nitrogens with two attached hydrogens (primary N) is 1. The number of benzene rings is 5. The minimum atomic E-state index is -2.39. The third kappa shape index (κ3) is 21.8. The molecule has 8 aliphatic rings. The number of primary amides is 1. The van der Waals surface area contributed by atoms with Crippen LogP contribution in [0.4, 0.5) is 5.82 Å². The molecule has 11 bridgehead atoms. The van der Waals surface area contributed by atoms with Gasteiger partial charge in [0.25, 0.3) is 5.91 Å². The molecule has 6 aromatic rings. The van der Waals surface area contributed by atoms with Crippen LogP contribution in [0.15, 0.2) is 95.9 Å². The molecular formula is C83H101Cl2N13O27. The third-order valence-electron chi connectivity index (χ3n) is 22.5. The quantitative estimate of drug-likeness (QED) is 0.0302. The van der Waals surface area contributed by atoms with E-state index in [1.165, 1.54) is 50.0 Å². The highest BCUT2D eigenvalue weighted by atomic mass is 35.5. The smallest absolute Gasteiger partial charge is 0.349 e. The van der Waals surface area contributed by atoms with Gasteiger partial charge in [0.15, 0.2) is 23.9 Å². The third-order valence-corrected chi connectivity index (χ3v) is 23.1. The number of aromatic nitrogens is 2. The number of aliphatic hydroxyl groups excluding tert-OH is 6. The second kappa shape index (κ2) is 40.6. The molecular weight excluding hydrogens is 1680 g/mol. The van der Waals surface area contributed by atoms with E-state index < -0.39 is 243 Å².